The summed E-state index contributed by atoms with van der Waals surface area (Å²) in [6, 6.07) is 4.86. The highest BCUT2D eigenvalue weighted by molar-refractivity contribution is 6.36. The van der Waals surface area contributed by atoms with E-state index in [-0.39, 0.29) is 19.1 Å². The standard InChI is InChI=1S/C14H20Cl2N2O3/c1-14(5-6-19,9-21-2)17-8-13(20)18-12-4-3-10(15)7-11(12)16/h3-4,7,17,19H,5-6,8-9H2,1-2H3,(H,18,20). The van der Waals surface area contributed by atoms with Crippen LogP contribution in [0.25, 0.3) is 0 Å². The molecule has 1 rings (SSSR count). The van der Waals surface area contributed by atoms with E-state index in [0.717, 1.165) is 0 Å². The molecule has 0 saturated heterocycles. The van der Waals surface area contributed by atoms with Crippen molar-refractivity contribution in [2.45, 2.75) is 18.9 Å². The van der Waals surface area contributed by atoms with Crippen molar-refractivity contribution in [2.75, 3.05) is 32.2 Å². The summed E-state index contributed by atoms with van der Waals surface area (Å²) in [7, 11) is 1.57. The Kier molecular flexibility index (Phi) is 7.42. The Morgan fingerprint density at radius 3 is 2.71 bits per heavy atom. The molecule has 0 aromatic heterocycles. The number of halogens is 2. The number of amides is 1. The van der Waals surface area contributed by atoms with E-state index in [4.69, 9.17) is 33.0 Å². The Morgan fingerprint density at radius 1 is 1.43 bits per heavy atom. The normalized spacial score (nSPS) is 13.8. The number of ether oxygens (including phenoxy) is 1. The molecule has 5 nitrogen and oxygen atoms in total. The number of anilines is 1. The predicted octanol–water partition coefficient (Wildman–Crippen LogP) is 2.31. The summed E-state index contributed by atoms with van der Waals surface area (Å²) < 4.78 is 5.10. The van der Waals surface area contributed by atoms with E-state index < -0.39 is 5.54 Å². The molecule has 1 amide bonds. The molecule has 1 aromatic carbocycles. The Morgan fingerprint density at radius 2 is 2.14 bits per heavy atom. The van der Waals surface area contributed by atoms with E-state index >= 15 is 0 Å². The van der Waals surface area contributed by atoms with E-state index in [1.54, 1.807) is 25.3 Å². The molecule has 0 aliphatic carbocycles. The molecule has 0 fully saturated rings. The second-order valence-electron chi connectivity index (χ2n) is 4.99. The first-order valence-corrected chi connectivity index (χ1v) is 7.25. The first-order valence-electron chi connectivity index (χ1n) is 6.50. The monoisotopic (exact) mass is 334 g/mol. The molecule has 3 N–H and O–H groups in total. The van der Waals surface area contributed by atoms with Crippen LogP contribution in [-0.2, 0) is 9.53 Å². The Hall–Kier alpha value is -0.850. The molecule has 1 aromatic rings. The van der Waals surface area contributed by atoms with E-state index in [1.807, 2.05) is 6.92 Å². The van der Waals surface area contributed by atoms with Gasteiger partial charge in [-0.25, -0.2) is 0 Å². The fourth-order valence-electron chi connectivity index (χ4n) is 1.86. The quantitative estimate of drug-likeness (QED) is 0.682. The zero-order chi connectivity index (χ0) is 15.9. The molecule has 1 unspecified atom stereocenters. The fourth-order valence-corrected chi connectivity index (χ4v) is 2.31. The van der Waals surface area contributed by atoms with E-state index in [9.17, 15) is 4.79 Å². The van der Waals surface area contributed by atoms with Crippen LogP contribution in [0.3, 0.4) is 0 Å². The highest BCUT2D eigenvalue weighted by atomic mass is 35.5. The number of hydrogen-bond acceptors (Lipinski definition) is 4. The molecule has 7 heteroatoms. The molecule has 21 heavy (non-hydrogen) atoms. The highest BCUT2D eigenvalue weighted by Gasteiger charge is 2.24. The molecule has 0 saturated carbocycles. The lowest BCUT2D eigenvalue weighted by molar-refractivity contribution is -0.115. The van der Waals surface area contributed by atoms with Crippen molar-refractivity contribution in [1.29, 1.82) is 0 Å². The summed E-state index contributed by atoms with van der Waals surface area (Å²) in [6.07, 6.45) is 0.482. The average molecular weight is 335 g/mol. The van der Waals surface area contributed by atoms with E-state index in [0.29, 0.717) is 28.8 Å². The van der Waals surface area contributed by atoms with Gasteiger partial charge in [-0.2, -0.15) is 0 Å². The number of aliphatic hydroxyl groups excluding tert-OH is 1. The van der Waals surface area contributed by atoms with Crippen LogP contribution in [0.1, 0.15) is 13.3 Å². The Balaban J connectivity index is 2.56. The summed E-state index contributed by atoms with van der Waals surface area (Å²) in [4.78, 5) is 11.9. The van der Waals surface area contributed by atoms with Gasteiger partial charge < -0.3 is 20.5 Å². The fraction of sp³-hybridized carbons (Fsp3) is 0.500. The second-order valence-corrected chi connectivity index (χ2v) is 5.84. The Labute approximate surface area is 134 Å². The SMILES string of the molecule is COCC(C)(CCO)NCC(=O)Nc1ccc(Cl)cc1Cl. The maximum Gasteiger partial charge on any atom is 0.238 e. The van der Waals surface area contributed by atoms with Gasteiger partial charge in [0.25, 0.3) is 0 Å². The minimum atomic E-state index is -0.468. The second kappa shape index (κ2) is 8.56. The average Bonchev–Trinajstić information content (AvgIpc) is 2.40. The number of rotatable bonds is 8. The largest absolute Gasteiger partial charge is 0.396 e. The molecular weight excluding hydrogens is 315 g/mol. The van der Waals surface area contributed by atoms with Crippen molar-refractivity contribution in [3.05, 3.63) is 28.2 Å². The van der Waals surface area contributed by atoms with Crippen molar-refractivity contribution >= 4 is 34.8 Å². The van der Waals surface area contributed by atoms with Gasteiger partial charge in [0.15, 0.2) is 0 Å². The van der Waals surface area contributed by atoms with Gasteiger partial charge in [-0.3, -0.25) is 4.79 Å². The van der Waals surface area contributed by atoms with Gasteiger partial charge in [0.2, 0.25) is 5.91 Å². The molecule has 1 atom stereocenters. The van der Waals surface area contributed by atoms with Crippen molar-refractivity contribution in [2.24, 2.45) is 0 Å². The highest BCUT2D eigenvalue weighted by Crippen LogP contribution is 2.25. The lowest BCUT2D eigenvalue weighted by Crippen LogP contribution is -2.49. The van der Waals surface area contributed by atoms with Crippen LogP contribution < -0.4 is 10.6 Å². The van der Waals surface area contributed by atoms with Gasteiger partial charge >= 0.3 is 0 Å². The summed E-state index contributed by atoms with van der Waals surface area (Å²) in [5, 5.41) is 15.7. The van der Waals surface area contributed by atoms with Gasteiger partial charge in [0, 0.05) is 24.3 Å². The van der Waals surface area contributed by atoms with Gasteiger partial charge in [-0.1, -0.05) is 23.2 Å². The summed E-state index contributed by atoms with van der Waals surface area (Å²) in [5.74, 6) is -0.237. The zero-order valence-electron chi connectivity index (χ0n) is 12.1. The molecule has 0 heterocycles. The minimum Gasteiger partial charge on any atom is -0.396 e. The first kappa shape index (κ1) is 18.2. The van der Waals surface area contributed by atoms with Crippen LogP contribution in [0.15, 0.2) is 18.2 Å². The Bertz CT molecular complexity index is 477. The van der Waals surface area contributed by atoms with Crippen LogP contribution in [0.5, 0.6) is 0 Å². The number of carbonyl (C=O) groups is 1. The number of benzene rings is 1. The molecular formula is C14H20Cl2N2O3. The van der Waals surface area contributed by atoms with Gasteiger partial charge in [0.1, 0.15) is 0 Å². The smallest absolute Gasteiger partial charge is 0.238 e. The molecule has 0 bridgehead atoms. The topological polar surface area (TPSA) is 70.6 Å². The third kappa shape index (κ3) is 6.20. The predicted molar refractivity (Wildman–Crippen MR) is 85.1 cm³/mol. The van der Waals surface area contributed by atoms with Crippen molar-refractivity contribution < 1.29 is 14.6 Å². The van der Waals surface area contributed by atoms with Crippen LogP contribution in [0.4, 0.5) is 5.69 Å². The molecule has 0 aliphatic rings. The van der Waals surface area contributed by atoms with Gasteiger partial charge in [0.05, 0.1) is 23.9 Å². The third-order valence-corrected chi connectivity index (χ3v) is 3.56. The number of nitrogens with one attached hydrogen (secondary N) is 2. The molecule has 0 aliphatic heterocycles. The summed E-state index contributed by atoms with van der Waals surface area (Å²) >= 11 is 11.8. The first-order chi connectivity index (χ1) is 9.90. The maximum absolute atomic E-state index is 11.9. The maximum atomic E-state index is 11.9. The van der Waals surface area contributed by atoms with Crippen LogP contribution >= 0.6 is 23.2 Å². The van der Waals surface area contributed by atoms with Gasteiger partial charge in [-0.05, 0) is 31.5 Å². The van der Waals surface area contributed by atoms with Crippen molar-refractivity contribution in [3.63, 3.8) is 0 Å². The number of aliphatic hydroxyl groups is 1. The number of hydrogen-bond donors (Lipinski definition) is 3. The van der Waals surface area contributed by atoms with Crippen LogP contribution in [0.2, 0.25) is 10.0 Å². The van der Waals surface area contributed by atoms with Crippen molar-refractivity contribution in [3.8, 4) is 0 Å². The molecule has 0 radical (unpaired) electrons. The number of methoxy groups -OCH3 is 1. The summed E-state index contributed by atoms with van der Waals surface area (Å²) in [6.45, 7) is 2.37. The van der Waals surface area contributed by atoms with Crippen LogP contribution in [-0.4, -0.2) is 43.4 Å². The van der Waals surface area contributed by atoms with E-state index in [2.05, 4.69) is 10.6 Å². The summed E-state index contributed by atoms with van der Waals surface area (Å²) in [5.41, 5.74) is 0.0356. The van der Waals surface area contributed by atoms with Crippen LogP contribution in [0, 0.1) is 0 Å². The molecule has 118 valence electrons. The zero-order valence-corrected chi connectivity index (χ0v) is 13.6. The van der Waals surface area contributed by atoms with Crippen molar-refractivity contribution in [1.82, 2.24) is 5.32 Å². The molecule has 0 spiro atoms. The van der Waals surface area contributed by atoms with E-state index in [1.165, 1.54) is 0 Å². The van der Waals surface area contributed by atoms with Gasteiger partial charge in [-0.15, -0.1) is 0 Å². The lowest BCUT2D eigenvalue weighted by atomic mass is 9.99. The third-order valence-electron chi connectivity index (χ3n) is 3.01. The lowest BCUT2D eigenvalue weighted by Gasteiger charge is -2.29. The minimum absolute atomic E-state index is 0.0114. The number of carbonyl (C=O) groups excluding carboxylic acids is 1.